The van der Waals surface area contributed by atoms with E-state index in [1.54, 1.807) is 29.8 Å². The lowest BCUT2D eigenvalue weighted by Gasteiger charge is -2.10. The molecule has 0 aliphatic carbocycles. The number of anilines is 2. The summed E-state index contributed by atoms with van der Waals surface area (Å²) in [5.74, 6) is 0. The highest BCUT2D eigenvalue weighted by molar-refractivity contribution is 7.93. The second-order valence-corrected chi connectivity index (χ2v) is 8.03. The van der Waals surface area contributed by atoms with Crippen LogP contribution >= 0.6 is 11.3 Å². The molecule has 138 valence electrons. The van der Waals surface area contributed by atoms with Crippen LogP contribution in [0.1, 0.15) is 12.8 Å². The Balaban J connectivity index is 1.78. The number of rotatable bonds is 12. The molecule has 0 aliphatic rings. The Kier molecular flexibility index (Phi) is 8.13. The lowest BCUT2D eigenvalue weighted by atomic mass is 10.2. The molecule has 0 spiro atoms. The molecule has 4 N–H and O–H groups in total. The molecule has 2 aromatic rings. The van der Waals surface area contributed by atoms with Crippen LogP contribution in [0.15, 0.2) is 40.7 Å². The van der Waals surface area contributed by atoms with Gasteiger partial charge in [0.2, 0.25) is 0 Å². The fraction of sp³-hybridized carbons (Fsp3) is 0.438. The molecular weight excluding hydrogens is 358 g/mol. The molecule has 0 amide bonds. The average molecular weight is 384 g/mol. The van der Waals surface area contributed by atoms with Gasteiger partial charge < -0.3 is 16.0 Å². The summed E-state index contributed by atoms with van der Waals surface area (Å²) in [6.07, 6.45) is 3.65. The first-order valence-electron chi connectivity index (χ1n) is 8.23. The molecule has 9 heteroatoms. The van der Waals surface area contributed by atoms with Crippen LogP contribution in [0.25, 0.3) is 0 Å². The SMILES string of the molecule is CNCCNCCCCNc1cccc(S(=O)(=O)Nc2nccs2)c1. The zero-order valence-corrected chi connectivity index (χ0v) is 15.9. The van der Waals surface area contributed by atoms with E-state index in [9.17, 15) is 8.42 Å². The molecule has 7 nitrogen and oxygen atoms in total. The number of aromatic nitrogens is 1. The van der Waals surface area contributed by atoms with Crippen molar-refractivity contribution < 1.29 is 8.42 Å². The second kappa shape index (κ2) is 10.3. The maximum atomic E-state index is 12.4. The Hall–Kier alpha value is -1.68. The summed E-state index contributed by atoms with van der Waals surface area (Å²) < 4.78 is 27.2. The molecule has 0 fully saturated rings. The summed E-state index contributed by atoms with van der Waals surface area (Å²) in [4.78, 5) is 4.17. The number of hydrogen-bond donors (Lipinski definition) is 4. The summed E-state index contributed by atoms with van der Waals surface area (Å²) in [5.41, 5.74) is 0.796. The second-order valence-electron chi connectivity index (χ2n) is 5.46. The van der Waals surface area contributed by atoms with Crippen LogP contribution in [0.5, 0.6) is 0 Å². The minimum absolute atomic E-state index is 0.224. The van der Waals surface area contributed by atoms with Crippen LogP contribution in [0.2, 0.25) is 0 Å². The van der Waals surface area contributed by atoms with Gasteiger partial charge >= 0.3 is 0 Å². The number of likely N-dealkylation sites (N-methyl/N-ethyl adjacent to an activating group) is 1. The quantitative estimate of drug-likeness (QED) is 0.419. The van der Waals surface area contributed by atoms with Gasteiger partial charge in [0.05, 0.1) is 4.90 Å². The number of nitrogens with one attached hydrogen (secondary N) is 4. The number of unbranched alkanes of at least 4 members (excludes halogenated alkanes) is 1. The van der Waals surface area contributed by atoms with Gasteiger partial charge in [-0.2, -0.15) is 0 Å². The number of sulfonamides is 1. The van der Waals surface area contributed by atoms with E-state index in [4.69, 9.17) is 0 Å². The predicted octanol–water partition coefficient (Wildman–Crippen LogP) is 1.94. The molecule has 0 saturated heterocycles. The van der Waals surface area contributed by atoms with Crippen LogP contribution in [-0.2, 0) is 10.0 Å². The maximum Gasteiger partial charge on any atom is 0.263 e. The maximum absolute atomic E-state index is 12.4. The number of thiazole rings is 1. The summed E-state index contributed by atoms with van der Waals surface area (Å²) in [6, 6.07) is 6.82. The van der Waals surface area contributed by atoms with E-state index < -0.39 is 10.0 Å². The Labute approximate surface area is 153 Å². The molecule has 1 aromatic heterocycles. The Morgan fingerprint density at radius 2 is 1.96 bits per heavy atom. The average Bonchev–Trinajstić information content (AvgIpc) is 3.10. The van der Waals surface area contributed by atoms with E-state index in [1.807, 2.05) is 13.1 Å². The van der Waals surface area contributed by atoms with Gasteiger partial charge in [-0.1, -0.05) is 6.07 Å². The standard InChI is InChI=1S/C16H25N5O2S2/c1-17-9-10-18-7-2-3-8-19-14-5-4-6-15(13-14)25(22,23)21-16-20-11-12-24-16/h4-6,11-13,17-19H,2-3,7-10H2,1H3,(H,20,21). The minimum atomic E-state index is -3.61. The monoisotopic (exact) mass is 383 g/mol. The molecule has 1 heterocycles. The molecule has 0 atom stereocenters. The van der Waals surface area contributed by atoms with Crippen LogP contribution in [0.3, 0.4) is 0 Å². The van der Waals surface area contributed by atoms with Gasteiger partial charge in [0.15, 0.2) is 5.13 Å². The molecule has 0 bridgehead atoms. The van der Waals surface area contributed by atoms with Crippen molar-refractivity contribution in [1.82, 2.24) is 15.6 Å². The van der Waals surface area contributed by atoms with Crippen LogP contribution in [0.4, 0.5) is 10.8 Å². The first-order chi connectivity index (χ1) is 12.1. The Morgan fingerprint density at radius 1 is 1.12 bits per heavy atom. The third-order valence-electron chi connectivity index (χ3n) is 3.46. The third kappa shape index (κ3) is 6.99. The number of nitrogens with zero attached hydrogens (tertiary/aromatic N) is 1. The van der Waals surface area contributed by atoms with Crippen LogP contribution in [-0.4, -0.2) is 46.6 Å². The van der Waals surface area contributed by atoms with E-state index in [1.165, 1.54) is 11.3 Å². The molecule has 0 aliphatic heterocycles. The van der Waals surface area contributed by atoms with Crippen molar-refractivity contribution in [3.8, 4) is 0 Å². The lowest BCUT2D eigenvalue weighted by Crippen LogP contribution is -2.25. The van der Waals surface area contributed by atoms with Gasteiger partial charge in [0.25, 0.3) is 10.0 Å². The highest BCUT2D eigenvalue weighted by atomic mass is 32.2. The van der Waals surface area contributed by atoms with Gasteiger partial charge in [-0.15, -0.1) is 11.3 Å². The largest absolute Gasteiger partial charge is 0.385 e. The van der Waals surface area contributed by atoms with Gasteiger partial charge in [0.1, 0.15) is 0 Å². The first kappa shape index (κ1) is 19.6. The van der Waals surface area contributed by atoms with E-state index in [2.05, 4.69) is 25.7 Å². The van der Waals surface area contributed by atoms with Crippen molar-refractivity contribution in [2.24, 2.45) is 0 Å². The van der Waals surface area contributed by atoms with Crippen molar-refractivity contribution in [3.05, 3.63) is 35.8 Å². The molecule has 1 aromatic carbocycles. The predicted molar refractivity (Wildman–Crippen MR) is 104 cm³/mol. The topological polar surface area (TPSA) is 95.1 Å². The number of hydrogen-bond acceptors (Lipinski definition) is 7. The van der Waals surface area contributed by atoms with E-state index in [-0.39, 0.29) is 4.90 Å². The third-order valence-corrected chi connectivity index (χ3v) is 5.61. The zero-order chi connectivity index (χ0) is 18.0. The molecule has 0 radical (unpaired) electrons. The minimum Gasteiger partial charge on any atom is -0.385 e. The summed E-state index contributed by atoms with van der Waals surface area (Å²) in [7, 11) is -1.67. The van der Waals surface area contributed by atoms with E-state index in [0.717, 1.165) is 44.7 Å². The van der Waals surface area contributed by atoms with Crippen molar-refractivity contribution in [2.45, 2.75) is 17.7 Å². The van der Waals surface area contributed by atoms with Gasteiger partial charge in [-0.05, 0) is 44.6 Å². The van der Waals surface area contributed by atoms with Crippen LogP contribution < -0.4 is 20.7 Å². The van der Waals surface area contributed by atoms with Gasteiger partial charge in [0, 0.05) is 36.9 Å². The van der Waals surface area contributed by atoms with Crippen LogP contribution in [0, 0.1) is 0 Å². The van der Waals surface area contributed by atoms with Crippen molar-refractivity contribution in [3.63, 3.8) is 0 Å². The first-order valence-corrected chi connectivity index (χ1v) is 10.6. The highest BCUT2D eigenvalue weighted by Gasteiger charge is 2.15. The number of benzene rings is 1. The molecule has 2 rings (SSSR count). The molecule has 25 heavy (non-hydrogen) atoms. The summed E-state index contributed by atoms with van der Waals surface area (Å²) >= 11 is 1.25. The van der Waals surface area contributed by atoms with E-state index >= 15 is 0 Å². The van der Waals surface area contributed by atoms with Crippen molar-refractivity contribution in [2.75, 3.05) is 43.3 Å². The summed E-state index contributed by atoms with van der Waals surface area (Å²) in [5, 5.41) is 11.8. The van der Waals surface area contributed by atoms with E-state index in [0.29, 0.717) is 5.13 Å². The normalized spacial score (nSPS) is 11.4. The fourth-order valence-electron chi connectivity index (χ4n) is 2.17. The molecule has 0 unspecified atom stereocenters. The summed E-state index contributed by atoms with van der Waals surface area (Å²) in [6.45, 7) is 3.72. The smallest absolute Gasteiger partial charge is 0.263 e. The van der Waals surface area contributed by atoms with Gasteiger partial charge in [-0.3, -0.25) is 4.72 Å². The Bertz CT molecular complexity index is 720. The highest BCUT2D eigenvalue weighted by Crippen LogP contribution is 2.20. The van der Waals surface area contributed by atoms with Crippen molar-refractivity contribution in [1.29, 1.82) is 0 Å². The van der Waals surface area contributed by atoms with Crippen molar-refractivity contribution >= 4 is 32.2 Å². The lowest BCUT2D eigenvalue weighted by molar-refractivity contribution is 0.601. The molecule has 0 saturated carbocycles. The Morgan fingerprint density at radius 3 is 2.72 bits per heavy atom. The zero-order valence-electron chi connectivity index (χ0n) is 14.3. The fourth-order valence-corrected chi connectivity index (χ4v) is 4.00. The molecular formula is C16H25N5O2S2. The van der Waals surface area contributed by atoms with Gasteiger partial charge in [-0.25, -0.2) is 13.4 Å².